The molecule has 1 saturated heterocycles. The van der Waals surface area contributed by atoms with E-state index in [4.69, 9.17) is 9.47 Å². The van der Waals surface area contributed by atoms with Gasteiger partial charge in [0, 0.05) is 11.3 Å². The Balaban J connectivity index is 1.39. The van der Waals surface area contributed by atoms with Crippen LogP contribution >= 0.6 is 0 Å². The second-order valence-corrected chi connectivity index (χ2v) is 17.4. The lowest BCUT2D eigenvalue weighted by Gasteiger charge is -2.72. The van der Waals surface area contributed by atoms with Crippen LogP contribution in [-0.2, 0) is 14.3 Å². The molecule has 46 heavy (non-hydrogen) atoms. The van der Waals surface area contributed by atoms with Crippen LogP contribution < -0.4 is 0 Å². The molecular formula is C36H58O10. The molecule has 7 N–H and O–H groups in total. The first-order valence-corrected chi connectivity index (χ1v) is 17.6. The zero-order chi connectivity index (χ0) is 33.8. The number of esters is 1. The van der Waals surface area contributed by atoms with Crippen molar-refractivity contribution in [3.05, 3.63) is 11.6 Å². The molecule has 262 valence electrons. The fourth-order valence-corrected chi connectivity index (χ4v) is 12.3. The second kappa shape index (κ2) is 11.2. The van der Waals surface area contributed by atoms with E-state index in [-0.39, 0.29) is 34.7 Å². The van der Waals surface area contributed by atoms with E-state index in [1.165, 1.54) is 0 Å². The van der Waals surface area contributed by atoms with Crippen LogP contribution in [0.2, 0.25) is 0 Å². The van der Waals surface area contributed by atoms with Crippen LogP contribution in [0.4, 0.5) is 0 Å². The number of ether oxygens (including phenoxy) is 2. The van der Waals surface area contributed by atoms with Crippen molar-refractivity contribution < 1.29 is 50.0 Å². The van der Waals surface area contributed by atoms with Crippen LogP contribution in [0.15, 0.2) is 11.6 Å². The van der Waals surface area contributed by atoms with Gasteiger partial charge in [0.05, 0.1) is 30.3 Å². The number of aliphatic hydroxyl groups is 7. The van der Waals surface area contributed by atoms with E-state index in [1.54, 1.807) is 0 Å². The predicted molar refractivity (Wildman–Crippen MR) is 168 cm³/mol. The van der Waals surface area contributed by atoms with Gasteiger partial charge in [-0.15, -0.1) is 0 Å². The first-order chi connectivity index (χ1) is 21.4. The number of rotatable bonds is 4. The molecule has 0 radical (unpaired) electrons. The van der Waals surface area contributed by atoms with Gasteiger partial charge in [-0.05, 0) is 98.7 Å². The Kier molecular flexibility index (Phi) is 8.46. The highest BCUT2D eigenvalue weighted by atomic mass is 16.7. The minimum absolute atomic E-state index is 0.0435. The molecule has 0 aromatic rings. The SMILES string of the molecule is C[C@@H]1CC[C@@]2(C(=O)O[C@H]3O[C@@H](CO)[C@H](O)[C@@H](O)[C@@H]3O)CC[C@@]3(C)C(=CC[C@@H]4[C@]5(C)CC[C@H](O)[C@@](C)(CO)[C@@H]5CC[C@@]43C)[C@@H]2[C@]1(C)O. The summed E-state index contributed by atoms with van der Waals surface area (Å²) in [4.78, 5) is 14.5. The third-order valence-electron chi connectivity index (χ3n) is 15.7. The zero-order valence-corrected chi connectivity index (χ0v) is 28.5. The molecule has 4 saturated carbocycles. The van der Waals surface area contributed by atoms with Crippen LogP contribution in [0, 0.1) is 50.7 Å². The van der Waals surface area contributed by atoms with Crippen molar-refractivity contribution in [1.82, 2.24) is 0 Å². The summed E-state index contributed by atoms with van der Waals surface area (Å²) in [5, 5.41) is 75.0. The molecule has 0 amide bonds. The maximum atomic E-state index is 14.5. The average molecular weight is 651 g/mol. The van der Waals surface area contributed by atoms with Gasteiger partial charge in [0.25, 0.3) is 0 Å². The molecule has 1 heterocycles. The number of allylic oxidation sites excluding steroid dienone is 1. The lowest BCUT2D eigenvalue weighted by atomic mass is 9.33. The molecule has 5 aliphatic carbocycles. The Morgan fingerprint density at radius 1 is 0.891 bits per heavy atom. The summed E-state index contributed by atoms with van der Waals surface area (Å²) in [6.07, 6.45) is 0.492. The molecule has 1 aliphatic heterocycles. The fraction of sp³-hybridized carbons (Fsp3) is 0.917. The summed E-state index contributed by atoms with van der Waals surface area (Å²) in [5.74, 6) is -0.749. The molecule has 0 unspecified atom stereocenters. The lowest BCUT2D eigenvalue weighted by molar-refractivity contribution is -0.299. The summed E-state index contributed by atoms with van der Waals surface area (Å²) >= 11 is 0. The normalized spacial score (nSPS) is 56.8. The number of fused-ring (bicyclic) bond motifs is 7. The predicted octanol–water partition coefficient (Wildman–Crippen LogP) is 2.44. The molecule has 0 aromatic carbocycles. The molecule has 5 fully saturated rings. The summed E-state index contributed by atoms with van der Waals surface area (Å²) < 4.78 is 11.5. The van der Waals surface area contributed by atoms with E-state index < -0.39 is 71.7 Å². The van der Waals surface area contributed by atoms with E-state index in [9.17, 15) is 40.5 Å². The topological polar surface area (TPSA) is 177 Å². The standard InChI is InChI=1S/C36H58O10/c1-19-9-14-36(30(43)46-29-27(42)26(41)25(40)21(17-37)45-29)16-15-33(4)20(28(36)35(19,6)44)7-8-23-31(2)12-11-24(39)32(3,18-38)22(31)10-13-34(23,33)5/h7,19,21-29,37-42,44H,8-18H2,1-6H3/t19-,21+,22-,23-,24+,25+,26-,27+,28-,29-,31-,32+,33+,34+,35-,36-/m1/s1. The van der Waals surface area contributed by atoms with Gasteiger partial charge in [0.15, 0.2) is 0 Å². The molecule has 10 heteroatoms. The minimum atomic E-state index is -1.70. The van der Waals surface area contributed by atoms with E-state index in [0.717, 1.165) is 31.3 Å². The highest BCUT2D eigenvalue weighted by Gasteiger charge is 2.72. The molecule has 10 nitrogen and oxygen atoms in total. The maximum Gasteiger partial charge on any atom is 0.315 e. The number of hydrogen-bond donors (Lipinski definition) is 7. The molecular weight excluding hydrogens is 592 g/mol. The Morgan fingerprint density at radius 2 is 1.59 bits per heavy atom. The Hall–Kier alpha value is -1.11. The number of hydrogen-bond acceptors (Lipinski definition) is 10. The van der Waals surface area contributed by atoms with Crippen molar-refractivity contribution in [3.8, 4) is 0 Å². The van der Waals surface area contributed by atoms with Gasteiger partial charge in [-0.3, -0.25) is 4.79 Å². The van der Waals surface area contributed by atoms with Crippen molar-refractivity contribution in [1.29, 1.82) is 0 Å². The monoisotopic (exact) mass is 650 g/mol. The Bertz CT molecular complexity index is 1240. The Labute approximate surface area is 273 Å². The van der Waals surface area contributed by atoms with Crippen molar-refractivity contribution in [2.24, 2.45) is 50.7 Å². The summed E-state index contributed by atoms with van der Waals surface area (Å²) in [7, 11) is 0. The highest BCUT2D eigenvalue weighted by Crippen LogP contribution is 2.76. The van der Waals surface area contributed by atoms with Crippen molar-refractivity contribution in [3.63, 3.8) is 0 Å². The zero-order valence-electron chi connectivity index (χ0n) is 28.5. The van der Waals surface area contributed by atoms with Crippen LogP contribution in [0.3, 0.4) is 0 Å². The smallest absolute Gasteiger partial charge is 0.315 e. The minimum Gasteiger partial charge on any atom is -0.432 e. The van der Waals surface area contributed by atoms with Gasteiger partial charge in [-0.25, -0.2) is 0 Å². The van der Waals surface area contributed by atoms with E-state index >= 15 is 0 Å². The molecule has 0 bridgehead atoms. The first kappa shape index (κ1) is 34.7. The third-order valence-corrected chi connectivity index (χ3v) is 15.7. The quantitative estimate of drug-likeness (QED) is 0.177. The number of aliphatic hydroxyl groups excluding tert-OH is 6. The molecule has 0 aromatic heterocycles. The van der Waals surface area contributed by atoms with E-state index in [2.05, 4.69) is 26.8 Å². The van der Waals surface area contributed by atoms with Gasteiger partial charge in [0.2, 0.25) is 6.29 Å². The highest BCUT2D eigenvalue weighted by molar-refractivity contribution is 5.79. The van der Waals surface area contributed by atoms with Crippen LogP contribution in [0.1, 0.15) is 99.3 Å². The summed E-state index contributed by atoms with van der Waals surface area (Å²) in [6.45, 7) is 12.3. The summed E-state index contributed by atoms with van der Waals surface area (Å²) in [6, 6.07) is 0. The van der Waals surface area contributed by atoms with Crippen molar-refractivity contribution >= 4 is 5.97 Å². The fourth-order valence-electron chi connectivity index (χ4n) is 12.3. The molecule has 6 rings (SSSR count). The van der Waals surface area contributed by atoms with Crippen molar-refractivity contribution in [2.75, 3.05) is 13.2 Å². The molecule has 0 spiro atoms. The van der Waals surface area contributed by atoms with E-state index in [0.29, 0.717) is 38.0 Å². The second-order valence-electron chi connectivity index (χ2n) is 17.4. The lowest BCUT2D eigenvalue weighted by Crippen LogP contribution is -2.68. The molecule has 16 atom stereocenters. The van der Waals surface area contributed by atoms with Crippen LogP contribution in [0.5, 0.6) is 0 Å². The van der Waals surface area contributed by atoms with Gasteiger partial charge in [-0.1, -0.05) is 46.3 Å². The van der Waals surface area contributed by atoms with Crippen molar-refractivity contribution in [2.45, 2.75) is 142 Å². The van der Waals surface area contributed by atoms with E-state index in [1.807, 2.05) is 20.8 Å². The largest absolute Gasteiger partial charge is 0.432 e. The Morgan fingerprint density at radius 3 is 2.24 bits per heavy atom. The van der Waals surface area contributed by atoms with Crippen LogP contribution in [-0.4, -0.2) is 97.3 Å². The summed E-state index contributed by atoms with van der Waals surface area (Å²) in [5.41, 5.74) is -2.34. The van der Waals surface area contributed by atoms with Gasteiger partial charge in [0.1, 0.15) is 24.4 Å². The first-order valence-electron chi connectivity index (χ1n) is 17.6. The number of carbonyl (C=O) groups excluding carboxylic acids is 1. The average Bonchev–Trinajstić information content (AvgIpc) is 3.01. The number of carbonyl (C=O) groups is 1. The van der Waals surface area contributed by atoms with Gasteiger partial charge < -0.3 is 45.2 Å². The van der Waals surface area contributed by atoms with Crippen LogP contribution in [0.25, 0.3) is 0 Å². The third kappa shape index (κ3) is 4.39. The molecule has 6 aliphatic rings. The maximum absolute atomic E-state index is 14.5. The van der Waals surface area contributed by atoms with Gasteiger partial charge in [-0.2, -0.15) is 0 Å². The van der Waals surface area contributed by atoms with Gasteiger partial charge >= 0.3 is 5.97 Å².